The summed E-state index contributed by atoms with van der Waals surface area (Å²) >= 11 is 0. The fraction of sp³-hybridized carbons (Fsp3) is 0.286. The maximum absolute atomic E-state index is 13.8. The zero-order valence-corrected chi connectivity index (χ0v) is 11.6. The first-order chi connectivity index (χ1) is 9.51. The molecule has 0 aliphatic carbocycles. The van der Waals surface area contributed by atoms with Gasteiger partial charge in [0.2, 0.25) is 5.95 Å². The molecule has 6 heteroatoms. The van der Waals surface area contributed by atoms with Crippen LogP contribution in [-0.2, 0) is 0 Å². The topological polar surface area (TPSA) is 49.8 Å². The predicted octanol–water partition coefficient (Wildman–Crippen LogP) is 3.55. The lowest BCUT2D eigenvalue weighted by Gasteiger charge is -2.11. The molecule has 0 aliphatic heterocycles. The molecule has 0 spiro atoms. The van der Waals surface area contributed by atoms with Crippen LogP contribution in [0.2, 0.25) is 0 Å². The Kier molecular flexibility index (Phi) is 4.12. The molecule has 0 unspecified atom stereocenters. The monoisotopic (exact) mass is 278 g/mol. The molecule has 1 heterocycles. The van der Waals surface area contributed by atoms with Crippen molar-refractivity contribution in [1.29, 1.82) is 0 Å². The van der Waals surface area contributed by atoms with Crippen molar-refractivity contribution in [2.24, 2.45) is 0 Å². The summed E-state index contributed by atoms with van der Waals surface area (Å²) in [5.41, 5.74) is 1.06. The summed E-state index contributed by atoms with van der Waals surface area (Å²) in [6.07, 6.45) is 1.62. The fourth-order valence-electron chi connectivity index (χ4n) is 1.68. The van der Waals surface area contributed by atoms with Gasteiger partial charge in [-0.15, -0.1) is 0 Å². The minimum atomic E-state index is -0.521. The Hall–Kier alpha value is -2.24. The van der Waals surface area contributed by atoms with Gasteiger partial charge in [0.25, 0.3) is 0 Å². The first kappa shape index (κ1) is 14.2. The summed E-state index contributed by atoms with van der Waals surface area (Å²) in [6.45, 7) is 5.91. The average molecular weight is 278 g/mol. The van der Waals surface area contributed by atoms with Gasteiger partial charge in [0.1, 0.15) is 17.5 Å². The van der Waals surface area contributed by atoms with Gasteiger partial charge in [0.15, 0.2) is 0 Å². The van der Waals surface area contributed by atoms with E-state index in [1.54, 1.807) is 13.1 Å². The van der Waals surface area contributed by atoms with Gasteiger partial charge in [0.05, 0.1) is 5.69 Å². The van der Waals surface area contributed by atoms with E-state index in [1.807, 2.05) is 6.92 Å². The van der Waals surface area contributed by atoms with Gasteiger partial charge in [-0.2, -0.15) is 4.98 Å². The van der Waals surface area contributed by atoms with E-state index in [1.165, 1.54) is 6.92 Å². The number of aromatic nitrogens is 2. The van der Waals surface area contributed by atoms with Crippen molar-refractivity contribution in [3.63, 3.8) is 0 Å². The summed E-state index contributed by atoms with van der Waals surface area (Å²) in [6, 6.07) is 2.28. The Labute approximate surface area is 116 Å². The van der Waals surface area contributed by atoms with E-state index in [2.05, 4.69) is 20.6 Å². The van der Waals surface area contributed by atoms with Gasteiger partial charge in [0, 0.05) is 24.4 Å². The van der Waals surface area contributed by atoms with E-state index in [-0.39, 0.29) is 11.3 Å². The van der Waals surface area contributed by atoms with Crippen molar-refractivity contribution in [3.05, 3.63) is 41.1 Å². The summed E-state index contributed by atoms with van der Waals surface area (Å²) in [5, 5.41) is 5.77. The Balaban J connectivity index is 2.34. The Morgan fingerprint density at radius 1 is 1.10 bits per heavy atom. The number of aryl methyl sites for hydroxylation is 2. The van der Waals surface area contributed by atoms with Crippen LogP contribution in [0.1, 0.15) is 18.1 Å². The second-order valence-electron chi connectivity index (χ2n) is 4.46. The number of hydrogen-bond donors (Lipinski definition) is 2. The molecule has 0 amide bonds. The molecular weight excluding hydrogens is 262 g/mol. The molecule has 0 atom stereocenters. The normalized spacial score (nSPS) is 10.4. The molecule has 2 rings (SSSR count). The summed E-state index contributed by atoms with van der Waals surface area (Å²) in [7, 11) is 0. The molecule has 2 aromatic rings. The van der Waals surface area contributed by atoms with Crippen LogP contribution in [-0.4, -0.2) is 16.5 Å². The highest BCUT2D eigenvalue weighted by Crippen LogP contribution is 2.24. The Morgan fingerprint density at radius 3 is 2.55 bits per heavy atom. The van der Waals surface area contributed by atoms with Gasteiger partial charge >= 0.3 is 0 Å². The molecule has 20 heavy (non-hydrogen) atoms. The van der Waals surface area contributed by atoms with Gasteiger partial charge in [-0.05, 0) is 32.4 Å². The van der Waals surface area contributed by atoms with Crippen LogP contribution in [0.3, 0.4) is 0 Å². The summed E-state index contributed by atoms with van der Waals surface area (Å²) in [5.74, 6) is -0.105. The van der Waals surface area contributed by atoms with E-state index in [0.717, 1.165) is 17.7 Å². The lowest BCUT2D eigenvalue weighted by atomic mass is 10.2. The third-order valence-corrected chi connectivity index (χ3v) is 2.81. The maximum Gasteiger partial charge on any atom is 0.224 e. The SMILES string of the molecule is CCNc1ncc(C)c(Nc2cc(F)c(C)cc2F)n1. The van der Waals surface area contributed by atoms with Crippen molar-refractivity contribution in [2.75, 3.05) is 17.2 Å². The Bertz CT molecular complexity index is 629. The number of nitrogens with one attached hydrogen (secondary N) is 2. The molecule has 106 valence electrons. The van der Waals surface area contributed by atoms with Crippen LogP contribution in [0.15, 0.2) is 18.3 Å². The minimum Gasteiger partial charge on any atom is -0.354 e. The van der Waals surface area contributed by atoms with E-state index < -0.39 is 11.6 Å². The van der Waals surface area contributed by atoms with Crippen molar-refractivity contribution < 1.29 is 8.78 Å². The summed E-state index contributed by atoms with van der Waals surface area (Å²) < 4.78 is 27.3. The molecule has 0 aliphatic rings. The zero-order valence-electron chi connectivity index (χ0n) is 11.6. The second-order valence-corrected chi connectivity index (χ2v) is 4.46. The van der Waals surface area contributed by atoms with Crippen LogP contribution in [0.5, 0.6) is 0 Å². The quantitative estimate of drug-likeness (QED) is 0.898. The molecular formula is C14H16F2N4. The first-order valence-corrected chi connectivity index (χ1v) is 6.31. The molecule has 0 bridgehead atoms. The molecule has 1 aromatic carbocycles. The predicted molar refractivity (Wildman–Crippen MR) is 75.3 cm³/mol. The van der Waals surface area contributed by atoms with Crippen LogP contribution >= 0.6 is 0 Å². The highest BCUT2D eigenvalue weighted by atomic mass is 19.1. The largest absolute Gasteiger partial charge is 0.354 e. The molecule has 0 fully saturated rings. The molecule has 0 saturated carbocycles. The number of halogens is 2. The summed E-state index contributed by atoms with van der Waals surface area (Å²) in [4.78, 5) is 8.32. The molecule has 2 N–H and O–H groups in total. The van der Waals surface area contributed by atoms with Crippen molar-refractivity contribution >= 4 is 17.5 Å². The van der Waals surface area contributed by atoms with E-state index in [9.17, 15) is 8.78 Å². The van der Waals surface area contributed by atoms with E-state index >= 15 is 0 Å². The van der Waals surface area contributed by atoms with Crippen LogP contribution < -0.4 is 10.6 Å². The molecule has 1 aromatic heterocycles. The van der Waals surface area contributed by atoms with Gasteiger partial charge in [-0.3, -0.25) is 0 Å². The number of hydrogen-bond acceptors (Lipinski definition) is 4. The van der Waals surface area contributed by atoms with Crippen molar-refractivity contribution in [2.45, 2.75) is 20.8 Å². The third kappa shape index (κ3) is 3.01. The van der Waals surface area contributed by atoms with Crippen molar-refractivity contribution in [1.82, 2.24) is 9.97 Å². The maximum atomic E-state index is 13.8. The minimum absolute atomic E-state index is 0.0531. The van der Waals surface area contributed by atoms with E-state index in [0.29, 0.717) is 18.3 Å². The molecule has 4 nitrogen and oxygen atoms in total. The van der Waals surface area contributed by atoms with Gasteiger partial charge < -0.3 is 10.6 Å². The number of anilines is 3. The Morgan fingerprint density at radius 2 is 1.85 bits per heavy atom. The lowest BCUT2D eigenvalue weighted by Crippen LogP contribution is -2.06. The number of benzene rings is 1. The standard InChI is InChI=1S/C14H16F2N4/c1-4-17-14-18-7-9(3)13(20-14)19-12-6-10(15)8(2)5-11(12)16/h5-7H,4H2,1-3H3,(H2,17,18,19,20). The first-order valence-electron chi connectivity index (χ1n) is 6.31. The van der Waals surface area contributed by atoms with Gasteiger partial charge in [-0.25, -0.2) is 13.8 Å². The van der Waals surface area contributed by atoms with Crippen LogP contribution in [0.4, 0.5) is 26.2 Å². The molecule has 0 saturated heterocycles. The molecule has 0 radical (unpaired) electrons. The number of nitrogens with zero attached hydrogens (tertiary/aromatic N) is 2. The highest BCUT2D eigenvalue weighted by molar-refractivity contribution is 5.61. The fourth-order valence-corrected chi connectivity index (χ4v) is 1.68. The highest BCUT2D eigenvalue weighted by Gasteiger charge is 2.10. The average Bonchev–Trinajstić information content (AvgIpc) is 2.40. The second kappa shape index (κ2) is 5.81. The number of rotatable bonds is 4. The third-order valence-electron chi connectivity index (χ3n) is 2.81. The zero-order chi connectivity index (χ0) is 14.7. The van der Waals surface area contributed by atoms with Crippen LogP contribution in [0.25, 0.3) is 0 Å². The van der Waals surface area contributed by atoms with Crippen molar-refractivity contribution in [3.8, 4) is 0 Å². The van der Waals surface area contributed by atoms with Gasteiger partial charge in [-0.1, -0.05) is 0 Å². The van der Waals surface area contributed by atoms with Crippen LogP contribution in [0, 0.1) is 25.5 Å². The smallest absolute Gasteiger partial charge is 0.224 e. The van der Waals surface area contributed by atoms with E-state index in [4.69, 9.17) is 0 Å². The lowest BCUT2D eigenvalue weighted by molar-refractivity contribution is 0.595.